The molecule has 2 aromatic heterocycles. The summed E-state index contributed by atoms with van der Waals surface area (Å²) in [5.41, 5.74) is 2.60. The van der Waals surface area contributed by atoms with Gasteiger partial charge in [0.15, 0.2) is 0 Å². The van der Waals surface area contributed by atoms with E-state index in [-0.39, 0.29) is 23.5 Å². The SMILES string of the molecule is O=C(c1cc2sccc2n1Cc1ccc(F)cc1)N1CCC(C(=O)N2CCOCC2)CC1. The van der Waals surface area contributed by atoms with E-state index in [0.717, 1.165) is 15.8 Å². The fourth-order valence-electron chi connectivity index (χ4n) is 4.63. The number of fused-ring (bicyclic) bond motifs is 1. The van der Waals surface area contributed by atoms with E-state index < -0.39 is 0 Å². The van der Waals surface area contributed by atoms with E-state index in [0.29, 0.717) is 64.5 Å². The summed E-state index contributed by atoms with van der Waals surface area (Å²) in [4.78, 5) is 30.0. The molecule has 3 aromatic rings. The molecule has 2 amide bonds. The molecular formula is C24H26FN3O3S. The quantitative estimate of drug-likeness (QED) is 0.604. The average Bonchev–Trinajstić information content (AvgIpc) is 3.43. The summed E-state index contributed by atoms with van der Waals surface area (Å²) in [6.45, 7) is 4.19. The van der Waals surface area contributed by atoms with Gasteiger partial charge in [-0.05, 0) is 48.1 Å². The third kappa shape index (κ3) is 4.17. The lowest BCUT2D eigenvalue weighted by molar-refractivity contribution is -0.141. The van der Waals surface area contributed by atoms with Gasteiger partial charge in [0.1, 0.15) is 11.5 Å². The number of halogens is 1. The summed E-state index contributed by atoms with van der Waals surface area (Å²) in [5.74, 6) is -0.104. The molecule has 0 atom stereocenters. The maximum Gasteiger partial charge on any atom is 0.270 e. The Labute approximate surface area is 190 Å². The van der Waals surface area contributed by atoms with Gasteiger partial charge in [0.25, 0.3) is 5.91 Å². The van der Waals surface area contributed by atoms with Crippen molar-refractivity contribution >= 4 is 33.4 Å². The Kier molecular flexibility index (Phi) is 5.97. The van der Waals surface area contributed by atoms with Gasteiger partial charge < -0.3 is 19.1 Å². The smallest absolute Gasteiger partial charge is 0.270 e. The zero-order valence-corrected chi connectivity index (χ0v) is 18.7. The van der Waals surface area contributed by atoms with Crippen LogP contribution in [0.4, 0.5) is 4.39 Å². The molecular weight excluding hydrogens is 429 g/mol. The summed E-state index contributed by atoms with van der Waals surface area (Å²) in [5, 5.41) is 2.02. The van der Waals surface area contributed by atoms with Gasteiger partial charge in [-0.3, -0.25) is 9.59 Å². The number of carbonyl (C=O) groups is 2. The molecule has 0 bridgehead atoms. The second-order valence-corrected chi connectivity index (χ2v) is 9.36. The number of likely N-dealkylation sites (tertiary alicyclic amines) is 1. The topological polar surface area (TPSA) is 54.8 Å². The Morgan fingerprint density at radius 3 is 2.44 bits per heavy atom. The van der Waals surface area contributed by atoms with Crippen LogP contribution in [-0.4, -0.2) is 65.6 Å². The molecule has 0 aliphatic carbocycles. The van der Waals surface area contributed by atoms with E-state index in [2.05, 4.69) is 0 Å². The number of thiophene rings is 1. The van der Waals surface area contributed by atoms with Crippen LogP contribution >= 0.6 is 11.3 Å². The highest BCUT2D eigenvalue weighted by Crippen LogP contribution is 2.29. The Morgan fingerprint density at radius 1 is 1.00 bits per heavy atom. The summed E-state index contributed by atoms with van der Waals surface area (Å²) in [7, 11) is 0. The maximum absolute atomic E-state index is 13.4. The Bertz CT molecular complexity index is 1110. The van der Waals surface area contributed by atoms with Crippen molar-refractivity contribution in [3.05, 3.63) is 58.9 Å². The molecule has 0 unspecified atom stereocenters. The number of rotatable bonds is 4. The van der Waals surface area contributed by atoms with Crippen LogP contribution in [0, 0.1) is 11.7 Å². The number of nitrogens with zero attached hydrogens (tertiary/aromatic N) is 3. The zero-order valence-electron chi connectivity index (χ0n) is 17.8. The molecule has 5 rings (SSSR count). The normalized spacial score (nSPS) is 17.8. The van der Waals surface area contributed by atoms with Gasteiger partial charge in [0.05, 0.1) is 23.4 Å². The first-order chi connectivity index (χ1) is 15.6. The van der Waals surface area contributed by atoms with Crippen molar-refractivity contribution in [2.75, 3.05) is 39.4 Å². The molecule has 32 heavy (non-hydrogen) atoms. The van der Waals surface area contributed by atoms with Crippen LogP contribution in [0.15, 0.2) is 41.8 Å². The van der Waals surface area contributed by atoms with Gasteiger partial charge in [0, 0.05) is 38.6 Å². The second kappa shape index (κ2) is 9.03. The summed E-state index contributed by atoms with van der Waals surface area (Å²) in [6.07, 6.45) is 1.38. The van der Waals surface area contributed by atoms with Crippen LogP contribution in [0.1, 0.15) is 28.9 Å². The predicted octanol–water partition coefficient (Wildman–Crippen LogP) is 3.60. The fraction of sp³-hybridized carbons (Fsp3) is 0.417. The lowest BCUT2D eigenvalue weighted by Gasteiger charge is -2.35. The largest absolute Gasteiger partial charge is 0.378 e. The predicted molar refractivity (Wildman–Crippen MR) is 121 cm³/mol. The molecule has 1 aromatic carbocycles. The van der Waals surface area contributed by atoms with Crippen LogP contribution in [0.3, 0.4) is 0 Å². The Balaban J connectivity index is 1.30. The number of aromatic nitrogens is 1. The van der Waals surface area contributed by atoms with Gasteiger partial charge in [-0.25, -0.2) is 4.39 Å². The number of hydrogen-bond acceptors (Lipinski definition) is 4. The van der Waals surface area contributed by atoms with E-state index in [9.17, 15) is 14.0 Å². The minimum absolute atomic E-state index is 0.00668. The second-order valence-electron chi connectivity index (χ2n) is 8.42. The number of piperidine rings is 1. The summed E-state index contributed by atoms with van der Waals surface area (Å²) < 4.78 is 21.8. The first-order valence-electron chi connectivity index (χ1n) is 11.1. The zero-order chi connectivity index (χ0) is 22.1. The number of carbonyl (C=O) groups excluding carboxylic acids is 2. The first-order valence-corrected chi connectivity index (χ1v) is 11.9. The molecule has 0 N–H and O–H groups in total. The van der Waals surface area contributed by atoms with E-state index in [1.807, 2.05) is 31.9 Å². The number of hydrogen-bond donors (Lipinski definition) is 0. The van der Waals surface area contributed by atoms with Crippen molar-refractivity contribution < 1.29 is 18.7 Å². The third-order valence-corrected chi connectivity index (χ3v) is 7.30. The van der Waals surface area contributed by atoms with Crippen molar-refractivity contribution in [3.63, 3.8) is 0 Å². The van der Waals surface area contributed by atoms with Gasteiger partial charge in [-0.15, -0.1) is 11.3 Å². The summed E-state index contributed by atoms with van der Waals surface area (Å²) >= 11 is 1.61. The minimum Gasteiger partial charge on any atom is -0.378 e. The van der Waals surface area contributed by atoms with E-state index in [4.69, 9.17) is 4.74 Å². The average molecular weight is 456 g/mol. The molecule has 2 saturated heterocycles. The molecule has 168 valence electrons. The van der Waals surface area contributed by atoms with E-state index >= 15 is 0 Å². The molecule has 6 nitrogen and oxygen atoms in total. The maximum atomic E-state index is 13.4. The molecule has 8 heteroatoms. The van der Waals surface area contributed by atoms with Crippen LogP contribution < -0.4 is 0 Å². The van der Waals surface area contributed by atoms with Gasteiger partial charge >= 0.3 is 0 Å². The van der Waals surface area contributed by atoms with E-state index in [1.165, 1.54) is 12.1 Å². The van der Waals surface area contributed by atoms with Crippen LogP contribution in [0.2, 0.25) is 0 Å². The van der Waals surface area contributed by atoms with Crippen molar-refractivity contribution in [1.29, 1.82) is 0 Å². The van der Waals surface area contributed by atoms with Gasteiger partial charge in [-0.2, -0.15) is 0 Å². The van der Waals surface area contributed by atoms with E-state index in [1.54, 1.807) is 23.5 Å². The van der Waals surface area contributed by atoms with Gasteiger partial charge in [-0.1, -0.05) is 12.1 Å². The van der Waals surface area contributed by atoms with Crippen molar-refractivity contribution in [1.82, 2.24) is 14.4 Å². The standard InChI is InChI=1S/C24H26FN3O3S/c25-19-3-1-17(2-4-19)16-28-20-7-14-32-22(20)15-21(28)24(30)26-8-5-18(6-9-26)23(29)27-10-12-31-13-11-27/h1-4,7,14-15,18H,5-6,8-13,16H2. The van der Waals surface area contributed by atoms with Gasteiger partial charge in [0.2, 0.25) is 5.91 Å². The monoisotopic (exact) mass is 455 g/mol. The fourth-order valence-corrected chi connectivity index (χ4v) is 5.45. The Hall–Kier alpha value is -2.71. The van der Waals surface area contributed by atoms with Crippen LogP contribution in [0.25, 0.3) is 10.2 Å². The lowest BCUT2D eigenvalue weighted by Crippen LogP contribution is -2.47. The lowest BCUT2D eigenvalue weighted by atomic mass is 9.95. The number of benzene rings is 1. The minimum atomic E-state index is -0.271. The highest BCUT2D eigenvalue weighted by atomic mass is 32.1. The number of ether oxygens (including phenoxy) is 1. The Morgan fingerprint density at radius 2 is 1.72 bits per heavy atom. The first kappa shape index (κ1) is 21.2. The highest BCUT2D eigenvalue weighted by molar-refractivity contribution is 7.17. The molecule has 4 heterocycles. The molecule has 0 spiro atoms. The van der Waals surface area contributed by atoms with Crippen LogP contribution in [-0.2, 0) is 16.1 Å². The third-order valence-electron chi connectivity index (χ3n) is 6.45. The highest BCUT2D eigenvalue weighted by Gasteiger charge is 2.32. The van der Waals surface area contributed by atoms with Crippen molar-refractivity contribution in [2.24, 2.45) is 5.92 Å². The molecule has 0 saturated carbocycles. The number of amides is 2. The van der Waals surface area contributed by atoms with Crippen LogP contribution in [0.5, 0.6) is 0 Å². The van der Waals surface area contributed by atoms with Crippen molar-refractivity contribution in [3.8, 4) is 0 Å². The van der Waals surface area contributed by atoms with Crippen molar-refractivity contribution in [2.45, 2.75) is 19.4 Å². The molecule has 2 fully saturated rings. The number of morpholine rings is 1. The molecule has 2 aliphatic rings. The summed E-state index contributed by atoms with van der Waals surface area (Å²) in [6, 6.07) is 10.4. The molecule has 0 radical (unpaired) electrons. The molecule has 2 aliphatic heterocycles.